The van der Waals surface area contributed by atoms with Crippen LogP contribution in [0.25, 0.3) is 11.5 Å². The SMILES string of the molecule is CCc1nc(-c2ccccc2Cl)oc1C(=O)O.O=C1CCC(=O)N1. The fraction of sp³-hybridized carbons (Fsp3) is 0.250. The molecule has 126 valence electrons. The van der Waals surface area contributed by atoms with Crippen molar-refractivity contribution in [3.63, 3.8) is 0 Å². The van der Waals surface area contributed by atoms with Crippen LogP contribution in [0.3, 0.4) is 0 Å². The Labute approximate surface area is 142 Å². The van der Waals surface area contributed by atoms with Crippen molar-refractivity contribution in [2.24, 2.45) is 0 Å². The van der Waals surface area contributed by atoms with Gasteiger partial charge in [0.2, 0.25) is 23.5 Å². The smallest absolute Gasteiger partial charge is 0.373 e. The lowest BCUT2D eigenvalue weighted by molar-refractivity contribution is -0.124. The van der Waals surface area contributed by atoms with Gasteiger partial charge >= 0.3 is 5.97 Å². The summed E-state index contributed by atoms with van der Waals surface area (Å²) < 4.78 is 5.24. The second kappa shape index (κ2) is 7.74. The molecule has 0 atom stereocenters. The lowest BCUT2D eigenvalue weighted by Gasteiger charge is -1.97. The van der Waals surface area contributed by atoms with Gasteiger partial charge in [0.1, 0.15) is 0 Å². The molecule has 1 aliphatic heterocycles. The van der Waals surface area contributed by atoms with Gasteiger partial charge in [0.05, 0.1) is 16.3 Å². The van der Waals surface area contributed by atoms with Gasteiger partial charge in [-0.25, -0.2) is 9.78 Å². The van der Waals surface area contributed by atoms with E-state index in [1.54, 1.807) is 24.3 Å². The molecule has 3 rings (SSSR count). The molecule has 7 nitrogen and oxygen atoms in total. The average Bonchev–Trinajstić information content (AvgIpc) is 3.14. The zero-order valence-electron chi connectivity index (χ0n) is 12.8. The average molecular weight is 351 g/mol. The fourth-order valence-electron chi connectivity index (χ4n) is 2.02. The van der Waals surface area contributed by atoms with E-state index in [1.165, 1.54) is 0 Å². The van der Waals surface area contributed by atoms with Crippen molar-refractivity contribution >= 4 is 29.4 Å². The molecule has 1 fully saturated rings. The largest absolute Gasteiger partial charge is 0.475 e. The Kier molecular flexibility index (Phi) is 5.70. The van der Waals surface area contributed by atoms with E-state index < -0.39 is 5.97 Å². The first-order valence-corrected chi connectivity index (χ1v) is 7.60. The highest BCUT2D eigenvalue weighted by molar-refractivity contribution is 6.33. The topological polar surface area (TPSA) is 110 Å². The van der Waals surface area contributed by atoms with Crippen LogP contribution >= 0.6 is 11.6 Å². The number of benzene rings is 1. The first-order chi connectivity index (χ1) is 11.4. The molecule has 0 radical (unpaired) electrons. The van der Waals surface area contributed by atoms with Gasteiger partial charge in [-0.2, -0.15) is 0 Å². The summed E-state index contributed by atoms with van der Waals surface area (Å²) in [4.78, 5) is 35.3. The minimum atomic E-state index is -1.12. The van der Waals surface area contributed by atoms with Gasteiger partial charge < -0.3 is 9.52 Å². The molecular weight excluding hydrogens is 336 g/mol. The lowest BCUT2D eigenvalue weighted by Crippen LogP contribution is -2.18. The van der Waals surface area contributed by atoms with E-state index in [9.17, 15) is 14.4 Å². The number of aromatic carboxylic acids is 1. The van der Waals surface area contributed by atoms with E-state index >= 15 is 0 Å². The van der Waals surface area contributed by atoms with Gasteiger partial charge in [-0.1, -0.05) is 30.7 Å². The summed E-state index contributed by atoms with van der Waals surface area (Å²) in [6, 6.07) is 7.01. The molecule has 0 saturated carbocycles. The van der Waals surface area contributed by atoms with E-state index in [4.69, 9.17) is 21.1 Å². The minimum absolute atomic E-state index is 0.123. The number of nitrogens with one attached hydrogen (secondary N) is 1. The summed E-state index contributed by atoms with van der Waals surface area (Å²) >= 11 is 6.00. The fourth-order valence-corrected chi connectivity index (χ4v) is 2.23. The van der Waals surface area contributed by atoms with E-state index in [2.05, 4.69) is 10.3 Å². The number of halogens is 1. The number of oxazole rings is 1. The summed E-state index contributed by atoms with van der Waals surface area (Å²) in [5.74, 6) is -1.30. The van der Waals surface area contributed by atoms with Crippen molar-refractivity contribution in [2.45, 2.75) is 26.2 Å². The van der Waals surface area contributed by atoms with Crippen molar-refractivity contribution in [2.75, 3.05) is 0 Å². The molecule has 1 saturated heterocycles. The highest BCUT2D eigenvalue weighted by Gasteiger charge is 2.20. The Morgan fingerprint density at radius 1 is 1.29 bits per heavy atom. The number of aromatic nitrogens is 1. The van der Waals surface area contributed by atoms with E-state index in [-0.39, 0.29) is 23.5 Å². The third-order valence-corrected chi connectivity index (χ3v) is 3.52. The molecule has 0 unspecified atom stereocenters. The number of carboxylic acid groups (broad SMARTS) is 1. The third-order valence-electron chi connectivity index (χ3n) is 3.19. The zero-order chi connectivity index (χ0) is 17.7. The molecule has 24 heavy (non-hydrogen) atoms. The molecule has 2 heterocycles. The van der Waals surface area contributed by atoms with Crippen molar-refractivity contribution in [3.8, 4) is 11.5 Å². The molecule has 0 bridgehead atoms. The van der Waals surface area contributed by atoms with E-state index in [0.717, 1.165) is 0 Å². The van der Waals surface area contributed by atoms with Gasteiger partial charge in [0, 0.05) is 12.8 Å². The highest BCUT2D eigenvalue weighted by atomic mass is 35.5. The molecule has 0 spiro atoms. The van der Waals surface area contributed by atoms with Crippen LogP contribution in [0.4, 0.5) is 0 Å². The Balaban J connectivity index is 0.000000249. The van der Waals surface area contributed by atoms with Gasteiger partial charge in [0.25, 0.3) is 0 Å². The molecule has 2 aromatic rings. The second-order valence-corrected chi connectivity index (χ2v) is 5.31. The predicted octanol–water partition coefficient (Wildman–Crippen LogP) is 2.68. The summed E-state index contributed by atoms with van der Waals surface area (Å²) in [5.41, 5.74) is 1.02. The van der Waals surface area contributed by atoms with E-state index in [0.29, 0.717) is 35.5 Å². The summed E-state index contributed by atoms with van der Waals surface area (Å²) in [6.45, 7) is 1.82. The number of hydrogen-bond donors (Lipinski definition) is 2. The number of amides is 2. The van der Waals surface area contributed by atoms with Crippen LogP contribution in [-0.4, -0.2) is 27.9 Å². The molecule has 0 aliphatic carbocycles. The quantitative estimate of drug-likeness (QED) is 0.823. The number of hydrogen-bond acceptors (Lipinski definition) is 5. The first kappa shape index (κ1) is 17.7. The standard InChI is InChI=1S/C12H10ClNO3.C4H5NO2/c1-2-9-10(12(15)16)17-11(14-9)7-5-3-4-6-8(7)13;6-3-1-2-4(7)5-3/h3-6H,2H2,1H3,(H,15,16);1-2H2,(H,5,6,7). The number of carboxylic acids is 1. The van der Waals surface area contributed by atoms with Crippen LogP contribution in [0.1, 0.15) is 36.0 Å². The maximum absolute atomic E-state index is 10.9. The van der Waals surface area contributed by atoms with Crippen LogP contribution in [0, 0.1) is 0 Å². The second-order valence-electron chi connectivity index (χ2n) is 4.90. The summed E-state index contributed by atoms with van der Waals surface area (Å²) in [5, 5.41) is 11.6. The normalized spacial score (nSPS) is 13.2. The molecular formula is C16H15ClN2O5. The van der Waals surface area contributed by atoms with E-state index in [1.807, 2.05) is 6.92 Å². The number of carbonyl (C=O) groups excluding carboxylic acids is 2. The predicted molar refractivity (Wildman–Crippen MR) is 85.7 cm³/mol. The third kappa shape index (κ3) is 4.20. The molecule has 1 aromatic heterocycles. The number of aryl methyl sites for hydroxylation is 1. The van der Waals surface area contributed by atoms with Gasteiger partial charge in [0.15, 0.2) is 0 Å². The van der Waals surface area contributed by atoms with Crippen molar-refractivity contribution < 1.29 is 23.9 Å². The Morgan fingerprint density at radius 2 is 1.92 bits per heavy atom. The Morgan fingerprint density at radius 3 is 2.33 bits per heavy atom. The Hall–Kier alpha value is -2.67. The highest BCUT2D eigenvalue weighted by Crippen LogP contribution is 2.28. The number of nitrogens with zero attached hydrogens (tertiary/aromatic N) is 1. The van der Waals surface area contributed by atoms with Crippen LogP contribution in [-0.2, 0) is 16.0 Å². The first-order valence-electron chi connectivity index (χ1n) is 7.23. The van der Waals surface area contributed by atoms with Crippen LogP contribution in [0.2, 0.25) is 5.02 Å². The van der Waals surface area contributed by atoms with Crippen LogP contribution < -0.4 is 5.32 Å². The number of rotatable bonds is 3. The maximum atomic E-state index is 10.9. The summed E-state index contributed by atoms with van der Waals surface area (Å²) in [6.07, 6.45) is 1.24. The van der Waals surface area contributed by atoms with Crippen molar-refractivity contribution in [1.29, 1.82) is 0 Å². The molecule has 1 aromatic carbocycles. The monoisotopic (exact) mass is 350 g/mol. The molecule has 8 heteroatoms. The maximum Gasteiger partial charge on any atom is 0.373 e. The Bertz CT molecular complexity index is 771. The van der Waals surface area contributed by atoms with Crippen LogP contribution in [0.5, 0.6) is 0 Å². The van der Waals surface area contributed by atoms with Gasteiger partial charge in [-0.05, 0) is 18.6 Å². The number of imide groups is 1. The van der Waals surface area contributed by atoms with Gasteiger partial charge in [-0.3, -0.25) is 14.9 Å². The summed E-state index contributed by atoms with van der Waals surface area (Å²) in [7, 11) is 0. The van der Waals surface area contributed by atoms with Crippen molar-refractivity contribution in [1.82, 2.24) is 10.3 Å². The molecule has 2 amide bonds. The van der Waals surface area contributed by atoms with Crippen LogP contribution in [0.15, 0.2) is 28.7 Å². The zero-order valence-corrected chi connectivity index (χ0v) is 13.6. The molecule has 2 N–H and O–H groups in total. The number of carbonyl (C=O) groups is 3. The van der Waals surface area contributed by atoms with Gasteiger partial charge in [-0.15, -0.1) is 0 Å². The molecule has 1 aliphatic rings. The van der Waals surface area contributed by atoms with Crippen molar-refractivity contribution in [3.05, 3.63) is 40.7 Å². The minimum Gasteiger partial charge on any atom is -0.475 e. The lowest BCUT2D eigenvalue weighted by atomic mass is 10.2.